The van der Waals surface area contributed by atoms with Crippen molar-refractivity contribution in [2.24, 2.45) is 0 Å². The van der Waals surface area contributed by atoms with E-state index in [0.717, 1.165) is 22.3 Å². The molecule has 0 atom stereocenters. The molecular weight excluding hydrogens is 378 g/mol. The number of ether oxygens (including phenoxy) is 1. The van der Waals surface area contributed by atoms with E-state index in [4.69, 9.17) is 4.74 Å². The highest BCUT2D eigenvalue weighted by molar-refractivity contribution is 6.00. The molecule has 30 heavy (non-hydrogen) atoms. The van der Waals surface area contributed by atoms with Gasteiger partial charge in [0.05, 0.1) is 0 Å². The lowest BCUT2D eigenvalue weighted by atomic mass is 10.0. The van der Waals surface area contributed by atoms with Gasteiger partial charge in [0, 0.05) is 11.1 Å². The minimum Gasteiger partial charge on any atom is -0.456 e. The number of aryl methyl sites for hydroxylation is 2. The number of rotatable bonds is 7. The van der Waals surface area contributed by atoms with Crippen LogP contribution in [-0.4, -0.2) is 30.8 Å². The highest BCUT2D eigenvalue weighted by Crippen LogP contribution is 2.19. The van der Waals surface area contributed by atoms with Gasteiger partial charge in [-0.2, -0.15) is 0 Å². The highest BCUT2D eigenvalue weighted by atomic mass is 16.5. The van der Waals surface area contributed by atoms with Crippen LogP contribution in [0.25, 0.3) is 11.1 Å². The maximum absolute atomic E-state index is 12.3. The molecule has 0 bridgehead atoms. The summed E-state index contributed by atoms with van der Waals surface area (Å²) < 4.78 is 5.01. The van der Waals surface area contributed by atoms with E-state index in [9.17, 15) is 14.4 Å². The summed E-state index contributed by atoms with van der Waals surface area (Å²) in [5.74, 6) is -1.32. The molecule has 1 amide bonds. The molecule has 0 spiro atoms. The molecule has 0 heterocycles. The second-order valence-corrected chi connectivity index (χ2v) is 7.03. The first kappa shape index (κ1) is 21.0. The standard InChI is InChI=1S/C25H23NO4/c1-17-8-9-18(2)22(14-17)23(27)16-30-24(28)15-26-25(29)21-12-10-20(11-13-21)19-6-4-3-5-7-19/h3-14H,15-16H2,1-2H3,(H,26,29). The molecule has 1 N–H and O–H groups in total. The molecule has 0 unspecified atom stereocenters. The van der Waals surface area contributed by atoms with Crippen LogP contribution in [0, 0.1) is 13.8 Å². The summed E-state index contributed by atoms with van der Waals surface area (Å²) in [6.45, 7) is 3.06. The number of esters is 1. The molecule has 0 fully saturated rings. The Morgan fingerprint density at radius 3 is 2.20 bits per heavy atom. The molecule has 0 radical (unpaired) electrons. The monoisotopic (exact) mass is 401 g/mol. The Morgan fingerprint density at radius 1 is 0.833 bits per heavy atom. The Labute approximate surface area is 175 Å². The lowest BCUT2D eigenvalue weighted by molar-refractivity contribution is -0.141. The Kier molecular flexibility index (Phi) is 6.75. The Bertz CT molecular complexity index is 1060. The van der Waals surface area contributed by atoms with Crippen molar-refractivity contribution in [1.29, 1.82) is 0 Å². The van der Waals surface area contributed by atoms with E-state index >= 15 is 0 Å². The van der Waals surface area contributed by atoms with Gasteiger partial charge in [0.1, 0.15) is 6.54 Å². The van der Waals surface area contributed by atoms with Crippen molar-refractivity contribution in [3.05, 3.63) is 95.1 Å². The van der Waals surface area contributed by atoms with E-state index in [1.165, 1.54) is 0 Å². The molecule has 3 aromatic rings. The molecule has 0 aliphatic carbocycles. The number of hydrogen-bond donors (Lipinski definition) is 1. The Hall–Kier alpha value is -3.73. The maximum Gasteiger partial charge on any atom is 0.325 e. The minimum absolute atomic E-state index is 0.271. The molecule has 0 aliphatic rings. The average Bonchev–Trinajstić information content (AvgIpc) is 2.78. The fourth-order valence-electron chi connectivity index (χ4n) is 3.01. The van der Waals surface area contributed by atoms with E-state index in [2.05, 4.69) is 5.32 Å². The summed E-state index contributed by atoms with van der Waals surface area (Å²) in [7, 11) is 0. The fraction of sp³-hybridized carbons (Fsp3) is 0.160. The van der Waals surface area contributed by atoms with Crippen LogP contribution in [0.4, 0.5) is 0 Å². The van der Waals surface area contributed by atoms with Crippen LogP contribution >= 0.6 is 0 Å². The van der Waals surface area contributed by atoms with Crippen molar-refractivity contribution in [2.75, 3.05) is 13.2 Å². The zero-order chi connectivity index (χ0) is 21.5. The van der Waals surface area contributed by atoms with Crippen molar-refractivity contribution in [3.63, 3.8) is 0 Å². The maximum atomic E-state index is 12.3. The Morgan fingerprint density at radius 2 is 1.50 bits per heavy atom. The number of carbonyl (C=O) groups excluding carboxylic acids is 3. The van der Waals surface area contributed by atoms with Gasteiger partial charge in [0.15, 0.2) is 6.61 Å². The molecular formula is C25H23NO4. The largest absolute Gasteiger partial charge is 0.456 e. The number of hydrogen-bond acceptors (Lipinski definition) is 4. The molecule has 5 heteroatoms. The van der Waals surface area contributed by atoms with E-state index < -0.39 is 5.97 Å². The molecule has 0 saturated heterocycles. The normalized spacial score (nSPS) is 10.3. The van der Waals surface area contributed by atoms with Gasteiger partial charge in [-0.3, -0.25) is 14.4 Å². The van der Waals surface area contributed by atoms with Gasteiger partial charge in [-0.1, -0.05) is 60.2 Å². The number of ketones is 1. The fourth-order valence-corrected chi connectivity index (χ4v) is 3.01. The minimum atomic E-state index is -0.664. The smallest absolute Gasteiger partial charge is 0.325 e. The second kappa shape index (κ2) is 9.65. The highest BCUT2D eigenvalue weighted by Gasteiger charge is 2.14. The van der Waals surface area contributed by atoms with Crippen molar-refractivity contribution in [1.82, 2.24) is 5.32 Å². The van der Waals surface area contributed by atoms with E-state index in [1.807, 2.05) is 68.4 Å². The summed E-state index contributed by atoms with van der Waals surface area (Å²) in [6, 6.07) is 22.5. The first-order chi connectivity index (χ1) is 14.4. The third-order valence-corrected chi connectivity index (χ3v) is 4.71. The molecule has 3 aromatic carbocycles. The summed E-state index contributed by atoms with van der Waals surface area (Å²) >= 11 is 0. The third kappa shape index (κ3) is 5.41. The number of amides is 1. The zero-order valence-corrected chi connectivity index (χ0v) is 17.0. The van der Waals surface area contributed by atoms with Gasteiger partial charge in [-0.25, -0.2) is 0 Å². The first-order valence-electron chi connectivity index (χ1n) is 9.64. The van der Waals surface area contributed by atoms with Crippen LogP contribution in [0.5, 0.6) is 0 Å². The molecule has 5 nitrogen and oxygen atoms in total. The van der Waals surface area contributed by atoms with E-state index in [-0.39, 0.29) is 24.8 Å². The van der Waals surface area contributed by atoms with Gasteiger partial charge in [0.25, 0.3) is 5.91 Å². The first-order valence-corrected chi connectivity index (χ1v) is 9.64. The van der Waals surface area contributed by atoms with Crippen molar-refractivity contribution < 1.29 is 19.1 Å². The van der Waals surface area contributed by atoms with Crippen LogP contribution in [0.1, 0.15) is 31.8 Å². The summed E-state index contributed by atoms with van der Waals surface area (Å²) in [6.07, 6.45) is 0. The van der Waals surface area contributed by atoms with Crippen LogP contribution in [-0.2, 0) is 9.53 Å². The summed E-state index contributed by atoms with van der Waals surface area (Å²) in [5, 5.41) is 2.52. The van der Waals surface area contributed by atoms with E-state index in [1.54, 1.807) is 18.2 Å². The molecule has 0 saturated carbocycles. The number of Topliss-reactive ketones (excluding diaryl/α,β-unsaturated/α-hetero) is 1. The lowest BCUT2D eigenvalue weighted by Crippen LogP contribution is -2.31. The van der Waals surface area contributed by atoms with Crippen molar-refractivity contribution in [2.45, 2.75) is 13.8 Å². The molecule has 152 valence electrons. The third-order valence-electron chi connectivity index (χ3n) is 4.71. The van der Waals surface area contributed by atoms with Crippen LogP contribution in [0.15, 0.2) is 72.8 Å². The Balaban J connectivity index is 1.49. The predicted octanol–water partition coefficient (Wildman–Crippen LogP) is 4.13. The quantitative estimate of drug-likeness (QED) is 0.477. The number of carbonyl (C=O) groups is 3. The van der Waals surface area contributed by atoms with Gasteiger partial charge < -0.3 is 10.1 Å². The van der Waals surface area contributed by atoms with Gasteiger partial charge in [-0.05, 0) is 48.7 Å². The van der Waals surface area contributed by atoms with Crippen molar-refractivity contribution >= 4 is 17.7 Å². The SMILES string of the molecule is Cc1ccc(C)c(C(=O)COC(=O)CNC(=O)c2ccc(-c3ccccc3)cc2)c1. The van der Waals surface area contributed by atoms with Crippen LogP contribution in [0.3, 0.4) is 0 Å². The summed E-state index contributed by atoms with van der Waals surface area (Å²) in [4.78, 5) is 36.4. The average molecular weight is 401 g/mol. The number of nitrogens with one attached hydrogen (secondary N) is 1. The second-order valence-electron chi connectivity index (χ2n) is 7.03. The van der Waals surface area contributed by atoms with Crippen LogP contribution in [0.2, 0.25) is 0 Å². The predicted molar refractivity (Wildman–Crippen MR) is 115 cm³/mol. The topological polar surface area (TPSA) is 72.5 Å². The molecule has 3 rings (SSSR count). The lowest BCUT2D eigenvalue weighted by Gasteiger charge is -2.09. The molecule has 0 aromatic heterocycles. The van der Waals surface area contributed by atoms with Crippen molar-refractivity contribution in [3.8, 4) is 11.1 Å². The van der Waals surface area contributed by atoms with Gasteiger partial charge >= 0.3 is 5.97 Å². The van der Waals surface area contributed by atoms with Crippen LogP contribution < -0.4 is 5.32 Å². The van der Waals surface area contributed by atoms with Gasteiger partial charge in [-0.15, -0.1) is 0 Å². The summed E-state index contributed by atoms with van der Waals surface area (Å²) in [5.41, 5.74) is 4.81. The zero-order valence-electron chi connectivity index (χ0n) is 17.0. The van der Waals surface area contributed by atoms with E-state index in [0.29, 0.717) is 11.1 Å². The van der Waals surface area contributed by atoms with Gasteiger partial charge in [0.2, 0.25) is 5.78 Å². The molecule has 0 aliphatic heterocycles. The number of benzene rings is 3.